The molecule has 1 aliphatic heterocycles. The zero-order valence-corrected chi connectivity index (χ0v) is 13.1. The van der Waals surface area contributed by atoms with E-state index in [0.717, 1.165) is 11.1 Å². The summed E-state index contributed by atoms with van der Waals surface area (Å²) in [6.07, 6.45) is 0.586. The van der Waals surface area contributed by atoms with Gasteiger partial charge in [0.05, 0.1) is 4.90 Å². The zero-order valence-electron chi connectivity index (χ0n) is 12.3. The summed E-state index contributed by atoms with van der Waals surface area (Å²) in [5.74, 6) is -0.615. The smallest absolute Gasteiger partial charge is 0.274 e. The van der Waals surface area contributed by atoms with Crippen molar-refractivity contribution in [2.45, 2.75) is 17.9 Å². The number of carbonyl (C=O) groups is 1. The first-order chi connectivity index (χ1) is 11.0. The SMILES string of the molecule is O=C(NO)c1ccc2c(c1)CN(S(=O)(=O)c1ccccc1)CC2. The minimum atomic E-state index is -3.56. The molecule has 0 saturated carbocycles. The second-order valence-electron chi connectivity index (χ2n) is 5.33. The molecule has 0 radical (unpaired) electrons. The van der Waals surface area contributed by atoms with E-state index in [-0.39, 0.29) is 11.4 Å². The number of hydroxylamine groups is 1. The molecule has 23 heavy (non-hydrogen) atoms. The summed E-state index contributed by atoms with van der Waals surface area (Å²) < 4.78 is 26.8. The molecule has 1 amide bonds. The number of nitrogens with zero attached hydrogens (tertiary/aromatic N) is 1. The average Bonchev–Trinajstić information content (AvgIpc) is 2.60. The molecule has 3 rings (SSSR count). The van der Waals surface area contributed by atoms with Gasteiger partial charge in [0, 0.05) is 18.7 Å². The Morgan fingerprint density at radius 1 is 1.09 bits per heavy atom. The number of fused-ring (bicyclic) bond motifs is 1. The van der Waals surface area contributed by atoms with Gasteiger partial charge >= 0.3 is 0 Å². The van der Waals surface area contributed by atoms with Crippen molar-refractivity contribution < 1.29 is 18.4 Å². The monoisotopic (exact) mass is 332 g/mol. The maximum Gasteiger partial charge on any atom is 0.274 e. The fourth-order valence-electron chi connectivity index (χ4n) is 2.68. The van der Waals surface area contributed by atoms with Crippen molar-refractivity contribution >= 4 is 15.9 Å². The molecule has 120 valence electrons. The van der Waals surface area contributed by atoms with E-state index in [1.807, 2.05) is 0 Å². The molecule has 0 spiro atoms. The molecule has 1 aliphatic rings. The van der Waals surface area contributed by atoms with Gasteiger partial charge in [-0.15, -0.1) is 0 Å². The molecule has 0 fully saturated rings. The van der Waals surface area contributed by atoms with Gasteiger partial charge < -0.3 is 0 Å². The highest BCUT2D eigenvalue weighted by Gasteiger charge is 2.28. The van der Waals surface area contributed by atoms with Crippen LogP contribution in [0.5, 0.6) is 0 Å². The van der Waals surface area contributed by atoms with Crippen LogP contribution in [0.1, 0.15) is 21.5 Å². The van der Waals surface area contributed by atoms with E-state index >= 15 is 0 Å². The summed E-state index contributed by atoms with van der Waals surface area (Å²) >= 11 is 0. The zero-order chi connectivity index (χ0) is 16.4. The van der Waals surface area contributed by atoms with E-state index in [4.69, 9.17) is 5.21 Å². The Hall–Kier alpha value is -2.22. The highest BCUT2D eigenvalue weighted by molar-refractivity contribution is 7.89. The maximum atomic E-state index is 12.7. The molecule has 0 unspecified atom stereocenters. The van der Waals surface area contributed by atoms with Crippen molar-refractivity contribution in [3.63, 3.8) is 0 Å². The molecule has 6 nitrogen and oxygen atoms in total. The molecule has 0 aliphatic carbocycles. The van der Waals surface area contributed by atoms with Crippen LogP contribution in [0, 0.1) is 0 Å². The van der Waals surface area contributed by atoms with E-state index < -0.39 is 15.9 Å². The maximum absolute atomic E-state index is 12.7. The lowest BCUT2D eigenvalue weighted by atomic mass is 9.98. The van der Waals surface area contributed by atoms with E-state index in [1.165, 1.54) is 4.31 Å². The van der Waals surface area contributed by atoms with E-state index in [0.29, 0.717) is 18.5 Å². The van der Waals surface area contributed by atoms with Crippen LogP contribution in [0.25, 0.3) is 0 Å². The van der Waals surface area contributed by atoms with Crippen molar-refractivity contribution in [1.29, 1.82) is 0 Å². The molecule has 7 heteroatoms. The number of amides is 1. The fourth-order valence-corrected chi connectivity index (χ4v) is 4.12. The number of benzene rings is 2. The van der Waals surface area contributed by atoms with Gasteiger partial charge in [-0.05, 0) is 41.8 Å². The first-order valence-corrected chi connectivity index (χ1v) is 8.58. The lowest BCUT2D eigenvalue weighted by Crippen LogP contribution is -2.36. The quantitative estimate of drug-likeness (QED) is 0.659. The molecule has 2 N–H and O–H groups in total. The molecule has 2 aromatic carbocycles. The van der Waals surface area contributed by atoms with Crippen LogP contribution in [0.15, 0.2) is 53.4 Å². The molecule has 0 aromatic heterocycles. The Kier molecular flexibility index (Phi) is 4.16. The molecular weight excluding hydrogens is 316 g/mol. The largest absolute Gasteiger partial charge is 0.288 e. The normalized spacial score (nSPS) is 15.0. The van der Waals surface area contributed by atoms with Crippen LogP contribution in [0.3, 0.4) is 0 Å². The number of nitrogens with one attached hydrogen (secondary N) is 1. The fraction of sp³-hybridized carbons (Fsp3) is 0.188. The van der Waals surface area contributed by atoms with E-state index in [1.54, 1.807) is 54.0 Å². The lowest BCUT2D eigenvalue weighted by Gasteiger charge is -2.28. The predicted molar refractivity (Wildman–Crippen MR) is 83.4 cm³/mol. The summed E-state index contributed by atoms with van der Waals surface area (Å²) in [5.41, 5.74) is 3.67. The number of rotatable bonds is 3. The molecule has 0 saturated heterocycles. The Morgan fingerprint density at radius 2 is 1.83 bits per heavy atom. The highest BCUT2D eigenvalue weighted by atomic mass is 32.2. The molecular formula is C16H16N2O4S. The first-order valence-electron chi connectivity index (χ1n) is 7.14. The van der Waals surface area contributed by atoms with Gasteiger partial charge in [0.1, 0.15) is 0 Å². The summed E-state index contributed by atoms with van der Waals surface area (Å²) in [6, 6.07) is 13.3. The second kappa shape index (κ2) is 6.11. The van der Waals surface area contributed by atoms with Crippen LogP contribution >= 0.6 is 0 Å². The Balaban J connectivity index is 1.92. The summed E-state index contributed by atoms with van der Waals surface area (Å²) in [4.78, 5) is 11.8. The third-order valence-corrected chi connectivity index (χ3v) is 5.79. The molecule has 0 bridgehead atoms. The standard InChI is InChI=1S/C16H16N2O4S/c19-16(17-20)13-7-6-12-8-9-18(11-14(12)10-13)23(21,22)15-4-2-1-3-5-15/h1-7,10,20H,8-9,11H2,(H,17,19). The number of carbonyl (C=O) groups excluding carboxylic acids is 1. The number of sulfonamides is 1. The van der Waals surface area contributed by atoms with Gasteiger partial charge in [0.2, 0.25) is 10.0 Å². The van der Waals surface area contributed by atoms with E-state index in [9.17, 15) is 13.2 Å². The van der Waals surface area contributed by atoms with Crippen molar-refractivity contribution in [2.75, 3.05) is 6.54 Å². The van der Waals surface area contributed by atoms with Gasteiger partial charge in [-0.3, -0.25) is 10.0 Å². The minimum absolute atomic E-state index is 0.207. The number of hydrogen-bond donors (Lipinski definition) is 2. The van der Waals surface area contributed by atoms with Gasteiger partial charge in [-0.1, -0.05) is 24.3 Å². The van der Waals surface area contributed by atoms with Crippen LogP contribution < -0.4 is 5.48 Å². The van der Waals surface area contributed by atoms with Crippen LogP contribution in [-0.2, 0) is 23.0 Å². The predicted octanol–water partition coefficient (Wildman–Crippen LogP) is 1.55. The van der Waals surface area contributed by atoms with Gasteiger partial charge in [-0.2, -0.15) is 4.31 Å². The van der Waals surface area contributed by atoms with Gasteiger partial charge in [0.25, 0.3) is 5.91 Å². The molecule has 1 heterocycles. The lowest BCUT2D eigenvalue weighted by molar-refractivity contribution is 0.0706. The summed E-state index contributed by atoms with van der Waals surface area (Å²) in [7, 11) is -3.56. The van der Waals surface area contributed by atoms with Crippen molar-refractivity contribution in [3.05, 3.63) is 65.2 Å². The molecule has 0 atom stereocenters. The van der Waals surface area contributed by atoms with Crippen molar-refractivity contribution in [2.24, 2.45) is 0 Å². The van der Waals surface area contributed by atoms with Crippen LogP contribution in [0.2, 0.25) is 0 Å². The highest BCUT2D eigenvalue weighted by Crippen LogP contribution is 2.25. The van der Waals surface area contributed by atoms with Crippen molar-refractivity contribution in [3.8, 4) is 0 Å². The third kappa shape index (κ3) is 2.98. The summed E-state index contributed by atoms with van der Waals surface area (Å²) in [6.45, 7) is 0.606. The van der Waals surface area contributed by atoms with Gasteiger partial charge in [0.15, 0.2) is 0 Å². The third-order valence-electron chi connectivity index (χ3n) is 3.93. The van der Waals surface area contributed by atoms with Crippen molar-refractivity contribution in [1.82, 2.24) is 9.79 Å². The second-order valence-corrected chi connectivity index (χ2v) is 7.26. The molecule has 2 aromatic rings. The summed E-state index contributed by atoms with van der Waals surface area (Å²) in [5, 5.41) is 8.72. The first kappa shape index (κ1) is 15.7. The Morgan fingerprint density at radius 3 is 2.52 bits per heavy atom. The Bertz CT molecular complexity index is 834. The van der Waals surface area contributed by atoms with Gasteiger partial charge in [-0.25, -0.2) is 13.9 Å². The number of hydrogen-bond acceptors (Lipinski definition) is 4. The van der Waals surface area contributed by atoms with Crippen LogP contribution in [0.4, 0.5) is 0 Å². The van der Waals surface area contributed by atoms with Crippen LogP contribution in [-0.4, -0.2) is 30.4 Å². The Labute approximate surface area is 134 Å². The topological polar surface area (TPSA) is 86.7 Å². The van der Waals surface area contributed by atoms with E-state index in [2.05, 4.69) is 0 Å². The minimum Gasteiger partial charge on any atom is -0.288 e. The average molecular weight is 332 g/mol.